The van der Waals surface area contributed by atoms with Crippen LogP contribution in [0, 0.1) is 17.1 Å². The molecule has 0 amide bonds. The molecule has 28 heavy (non-hydrogen) atoms. The molecule has 3 nitrogen and oxygen atoms in total. The van der Waals surface area contributed by atoms with Crippen molar-refractivity contribution in [1.82, 2.24) is 0 Å². The Morgan fingerprint density at radius 3 is 1.25 bits per heavy atom. The van der Waals surface area contributed by atoms with E-state index >= 15 is 0 Å². The minimum Gasteiger partial charge on any atom is -0.378 e. The highest BCUT2D eigenvalue weighted by molar-refractivity contribution is 5.60. The van der Waals surface area contributed by atoms with E-state index in [-0.39, 0.29) is 5.82 Å². The lowest BCUT2D eigenvalue weighted by molar-refractivity contribution is 0.625. The van der Waals surface area contributed by atoms with Crippen LogP contribution in [0.1, 0.15) is 16.7 Å². The Morgan fingerprint density at radius 1 is 0.643 bits per heavy atom. The van der Waals surface area contributed by atoms with Crippen LogP contribution >= 0.6 is 0 Å². The molecule has 4 heteroatoms. The smallest absolute Gasteiger partial charge is 0.132 e. The van der Waals surface area contributed by atoms with Crippen molar-refractivity contribution in [3.05, 3.63) is 95.3 Å². The van der Waals surface area contributed by atoms with E-state index in [2.05, 4.69) is 6.07 Å². The van der Waals surface area contributed by atoms with Gasteiger partial charge in [-0.15, -0.1) is 0 Å². The monoisotopic (exact) mass is 373 g/mol. The van der Waals surface area contributed by atoms with Crippen molar-refractivity contribution in [3.63, 3.8) is 0 Å². The summed E-state index contributed by atoms with van der Waals surface area (Å²) in [6.07, 6.45) is 0. The fourth-order valence-electron chi connectivity index (χ4n) is 3.41. The third-order valence-corrected chi connectivity index (χ3v) is 5.08. The second kappa shape index (κ2) is 7.74. The Labute approximate surface area is 166 Å². The van der Waals surface area contributed by atoms with E-state index < -0.39 is 5.41 Å². The predicted molar refractivity (Wildman–Crippen MR) is 113 cm³/mol. The van der Waals surface area contributed by atoms with E-state index in [0.29, 0.717) is 0 Å². The summed E-state index contributed by atoms with van der Waals surface area (Å²) in [6.45, 7) is 0. The van der Waals surface area contributed by atoms with Crippen molar-refractivity contribution in [3.8, 4) is 6.07 Å². The second-order valence-corrected chi connectivity index (χ2v) is 7.25. The maximum absolute atomic E-state index is 13.6. The zero-order valence-corrected chi connectivity index (χ0v) is 16.6. The molecule has 0 bridgehead atoms. The fraction of sp³-hybridized carbons (Fsp3) is 0.208. The Morgan fingerprint density at radius 2 is 0.964 bits per heavy atom. The Hall–Kier alpha value is -3.32. The van der Waals surface area contributed by atoms with Gasteiger partial charge in [-0.2, -0.15) is 5.26 Å². The maximum atomic E-state index is 13.6. The van der Waals surface area contributed by atoms with Crippen LogP contribution in [0.15, 0.2) is 72.8 Å². The molecule has 0 unspecified atom stereocenters. The van der Waals surface area contributed by atoms with Crippen molar-refractivity contribution in [2.24, 2.45) is 0 Å². The highest BCUT2D eigenvalue weighted by atomic mass is 19.1. The summed E-state index contributed by atoms with van der Waals surface area (Å²) in [5.41, 5.74) is 3.53. The van der Waals surface area contributed by atoms with Crippen LogP contribution in [0.25, 0.3) is 0 Å². The summed E-state index contributed by atoms with van der Waals surface area (Å²) >= 11 is 0. The van der Waals surface area contributed by atoms with Gasteiger partial charge in [-0.25, -0.2) is 4.39 Å². The van der Waals surface area contributed by atoms with Gasteiger partial charge in [-0.1, -0.05) is 36.4 Å². The molecule has 0 aliphatic carbocycles. The van der Waals surface area contributed by atoms with Crippen molar-refractivity contribution in [1.29, 1.82) is 5.26 Å². The average Bonchev–Trinajstić information content (AvgIpc) is 2.71. The molecule has 0 saturated carbocycles. The van der Waals surface area contributed by atoms with Crippen LogP contribution < -0.4 is 9.80 Å². The van der Waals surface area contributed by atoms with Gasteiger partial charge >= 0.3 is 0 Å². The molecule has 0 fully saturated rings. The molecule has 0 radical (unpaired) electrons. The molecule has 0 atom stereocenters. The standard InChI is InChI=1S/C24H24FN3/c1-27(2)22-13-7-19(8-14-22)24(17-26,18-5-11-21(25)12-6-18)20-9-15-23(16-10-20)28(3)4/h5-16H,1-4H3. The van der Waals surface area contributed by atoms with Crippen LogP contribution in [0.4, 0.5) is 15.8 Å². The van der Waals surface area contributed by atoms with Gasteiger partial charge in [0.1, 0.15) is 11.2 Å². The molecule has 0 saturated heterocycles. The van der Waals surface area contributed by atoms with Gasteiger partial charge in [0.2, 0.25) is 0 Å². The number of anilines is 2. The topological polar surface area (TPSA) is 30.3 Å². The molecule has 0 heterocycles. The lowest BCUT2D eigenvalue weighted by atomic mass is 9.70. The van der Waals surface area contributed by atoms with Gasteiger partial charge in [-0.3, -0.25) is 0 Å². The first-order chi connectivity index (χ1) is 13.4. The van der Waals surface area contributed by atoms with Gasteiger partial charge in [0.15, 0.2) is 0 Å². The number of nitriles is 1. The third kappa shape index (κ3) is 3.44. The second-order valence-electron chi connectivity index (χ2n) is 7.25. The van der Waals surface area contributed by atoms with E-state index in [1.165, 1.54) is 12.1 Å². The molecule has 0 aliphatic rings. The molecule has 0 N–H and O–H groups in total. The lowest BCUT2D eigenvalue weighted by Gasteiger charge is -2.29. The van der Waals surface area contributed by atoms with E-state index in [0.717, 1.165) is 28.1 Å². The lowest BCUT2D eigenvalue weighted by Crippen LogP contribution is -2.27. The van der Waals surface area contributed by atoms with Gasteiger partial charge in [0.25, 0.3) is 0 Å². The molecule has 3 rings (SSSR count). The number of hydrogen-bond donors (Lipinski definition) is 0. The molecule has 0 spiro atoms. The van der Waals surface area contributed by atoms with E-state index in [1.807, 2.05) is 86.5 Å². The Kier molecular flexibility index (Phi) is 5.37. The largest absolute Gasteiger partial charge is 0.378 e. The zero-order valence-electron chi connectivity index (χ0n) is 16.6. The van der Waals surface area contributed by atoms with Crippen molar-refractivity contribution < 1.29 is 4.39 Å². The number of halogens is 1. The van der Waals surface area contributed by atoms with Crippen LogP contribution in [0.2, 0.25) is 0 Å². The number of rotatable bonds is 5. The first-order valence-corrected chi connectivity index (χ1v) is 9.11. The van der Waals surface area contributed by atoms with Crippen molar-refractivity contribution in [2.45, 2.75) is 5.41 Å². The van der Waals surface area contributed by atoms with E-state index in [9.17, 15) is 9.65 Å². The number of hydrogen-bond acceptors (Lipinski definition) is 3. The first kappa shape index (κ1) is 19.4. The Balaban J connectivity index is 2.23. The highest BCUT2D eigenvalue weighted by Crippen LogP contribution is 2.40. The first-order valence-electron chi connectivity index (χ1n) is 9.11. The Bertz CT molecular complexity index is 915. The van der Waals surface area contributed by atoms with Gasteiger partial charge in [-0.05, 0) is 53.1 Å². The minimum absolute atomic E-state index is 0.318. The fourth-order valence-corrected chi connectivity index (χ4v) is 3.41. The average molecular weight is 373 g/mol. The summed E-state index contributed by atoms with van der Waals surface area (Å²) in [7, 11) is 7.91. The predicted octanol–water partition coefficient (Wildman–Crippen LogP) is 4.82. The summed E-state index contributed by atoms with van der Waals surface area (Å²) < 4.78 is 13.6. The normalized spacial score (nSPS) is 11.0. The van der Waals surface area contributed by atoms with Gasteiger partial charge in [0.05, 0.1) is 6.07 Å². The summed E-state index contributed by atoms with van der Waals surface area (Å²) in [5.74, 6) is -0.318. The molecule has 142 valence electrons. The summed E-state index contributed by atoms with van der Waals surface area (Å²) in [5, 5.41) is 10.4. The SMILES string of the molecule is CN(C)c1ccc(C(C#N)(c2ccc(F)cc2)c2ccc(N(C)C)cc2)cc1. The van der Waals surface area contributed by atoms with Crippen molar-refractivity contribution >= 4 is 11.4 Å². The van der Waals surface area contributed by atoms with E-state index in [4.69, 9.17) is 0 Å². The van der Waals surface area contributed by atoms with Crippen molar-refractivity contribution in [2.75, 3.05) is 38.0 Å². The van der Waals surface area contributed by atoms with Gasteiger partial charge < -0.3 is 9.80 Å². The number of nitrogens with zero attached hydrogens (tertiary/aromatic N) is 3. The maximum Gasteiger partial charge on any atom is 0.132 e. The van der Waals surface area contributed by atoms with Crippen LogP contribution in [0.5, 0.6) is 0 Å². The van der Waals surface area contributed by atoms with Gasteiger partial charge in [0, 0.05) is 39.6 Å². The van der Waals surface area contributed by atoms with E-state index in [1.54, 1.807) is 12.1 Å². The van der Waals surface area contributed by atoms with Crippen LogP contribution in [0.3, 0.4) is 0 Å². The highest BCUT2D eigenvalue weighted by Gasteiger charge is 2.37. The molecular formula is C24H24FN3. The third-order valence-electron chi connectivity index (χ3n) is 5.08. The van der Waals surface area contributed by atoms with Crippen LogP contribution in [-0.4, -0.2) is 28.2 Å². The molecule has 0 aromatic heterocycles. The summed E-state index contributed by atoms with van der Waals surface area (Å²) in [4.78, 5) is 4.03. The molecule has 0 aliphatic heterocycles. The minimum atomic E-state index is -1.02. The quantitative estimate of drug-likeness (QED) is 0.601. The summed E-state index contributed by atoms with van der Waals surface area (Å²) in [6, 6.07) is 24.6. The zero-order chi connectivity index (χ0) is 20.3. The number of benzene rings is 3. The van der Waals surface area contributed by atoms with Crippen LogP contribution in [-0.2, 0) is 5.41 Å². The molecule has 3 aromatic carbocycles. The molecule has 3 aromatic rings. The molecular weight excluding hydrogens is 349 g/mol.